The zero-order valence-electron chi connectivity index (χ0n) is 10.5. The van der Waals surface area contributed by atoms with Gasteiger partial charge in [0.2, 0.25) is 0 Å². The average molecular weight is 286 g/mol. The summed E-state index contributed by atoms with van der Waals surface area (Å²) in [5, 5.41) is 13.2. The molecule has 0 atom stereocenters. The topological polar surface area (TPSA) is 52.9 Å². The zero-order chi connectivity index (χ0) is 14.4. The first-order valence-electron chi connectivity index (χ1n) is 5.86. The molecule has 100 valence electrons. The predicted octanol–water partition coefficient (Wildman–Crippen LogP) is 3.79. The molecule has 3 nitrogen and oxygen atoms in total. The van der Waals surface area contributed by atoms with Crippen LogP contribution in [0.3, 0.4) is 0 Å². The fraction of sp³-hybridized carbons (Fsp3) is 0.0667. The zero-order valence-corrected chi connectivity index (χ0v) is 11.3. The van der Waals surface area contributed by atoms with E-state index >= 15 is 0 Å². The third-order valence-electron chi connectivity index (χ3n) is 2.62. The fourth-order valence-corrected chi connectivity index (χ4v) is 2.03. The van der Waals surface area contributed by atoms with Gasteiger partial charge in [0.25, 0.3) is 5.91 Å². The number of nitrogens with zero attached hydrogens (tertiary/aromatic N) is 1. The Balaban J connectivity index is 2.02. The number of benzene rings is 2. The van der Waals surface area contributed by atoms with E-state index in [4.69, 9.17) is 5.26 Å². The van der Waals surface area contributed by atoms with E-state index in [1.165, 1.54) is 24.3 Å². The Hall–Kier alpha value is -2.32. The van der Waals surface area contributed by atoms with Crippen LogP contribution in [-0.4, -0.2) is 5.91 Å². The Morgan fingerprint density at radius 2 is 1.80 bits per heavy atom. The Morgan fingerprint density at radius 3 is 2.40 bits per heavy atom. The first-order chi connectivity index (χ1) is 9.69. The van der Waals surface area contributed by atoms with E-state index in [0.29, 0.717) is 17.0 Å². The van der Waals surface area contributed by atoms with E-state index in [2.05, 4.69) is 5.32 Å². The number of nitrogens with one attached hydrogen (secondary N) is 1. The van der Waals surface area contributed by atoms with Crippen molar-refractivity contribution < 1.29 is 9.18 Å². The van der Waals surface area contributed by atoms with Gasteiger partial charge in [-0.05, 0) is 53.7 Å². The summed E-state index contributed by atoms with van der Waals surface area (Å²) in [4.78, 5) is 12.0. The van der Waals surface area contributed by atoms with Crippen molar-refractivity contribution in [2.24, 2.45) is 0 Å². The van der Waals surface area contributed by atoms with Gasteiger partial charge < -0.3 is 5.32 Å². The molecule has 0 aliphatic rings. The molecule has 5 heteroatoms. The second-order valence-electron chi connectivity index (χ2n) is 4.04. The van der Waals surface area contributed by atoms with Crippen LogP contribution in [0.25, 0.3) is 0 Å². The standard InChI is InChI=1S/C15H11FN2OS/c16-13-5-7-14(8-6-13)18-15(19)12-3-1-11(2-4-12)9-20-10-17/h1-8H,9H2,(H,18,19). The van der Waals surface area contributed by atoms with Gasteiger partial charge in [-0.15, -0.1) is 0 Å². The summed E-state index contributed by atoms with van der Waals surface area (Å²) in [7, 11) is 0. The van der Waals surface area contributed by atoms with Crippen molar-refractivity contribution in [2.45, 2.75) is 5.75 Å². The second kappa shape index (κ2) is 6.73. The van der Waals surface area contributed by atoms with Crippen LogP contribution in [-0.2, 0) is 5.75 Å². The second-order valence-corrected chi connectivity index (χ2v) is 4.80. The lowest BCUT2D eigenvalue weighted by Crippen LogP contribution is -2.11. The van der Waals surface area contributed by atoms with Gasteiger partial charge in [-0.1, -0.05) is 12.1 Å². The number of thioether (sulfide) groups is 1. The van der Waals surface area contributed by atoms with Gasteiger partial charge in [0.05, 0.1) is 0 Å². The van der Waals surface area contributed by atoms with Crippen molar-refractivity contribution in [3.05, 3.63) is 65.5 Å². The molecule has 0 radical (unpaired) electrons. The molecule has 0 aromatic heterocycles. The molecule has 0 saturated carbocycles. The third kappa shape index (κ3) is 3.84. The molecule has 0 fully saturated rings. The molecular formula is C15H11FN2OS. The molecule has 0 saturated heterocycles. The smallest absolute Gasteiger partial charge is 0.255 e. The average Bonchev–Trinajstić information content (AvgIpc) is 2.48. The lowest BCUT2D eigenvalue weighted by molar-refractivity contribution is 0.102. The number of amides is 1. The van der Waals surface area contributed by atoms with Crippen LogP contribution in [0.1, 0.15) is 15.9 Å². The number of carbonyl (C=O) groups is 1. The predicted molar refractivity (Wildman–Crippen MR) is 77.7 cm³/mol. The van der Waals surface area contributed by atoms with Crippen LogP contribution < -0.4 is 5.32 Å². The van der Waals surface area contributed by atoms with E-state index in [-0.39, 0.29) is 11.7 Å². The number of anilines is 1. The van der Waals surface area contributed by atoms with Crippen LogP contribution in [0.5, 0.6) is 0 Å². The van der Waals surface area contributed by atoms with Crippen molar-refractivity contribution in [2.75, 3.05) is 5.32 Å². The highest BCUT2D eigenvalue weighted by Crippen LogP contribution is 2.14. The number of halogens is 1. The van der Waals surface area contributed by atoms with Crippen LogP contribution >= 0.6 is 11.8 Å². The number of carbonyl (C=O) groups excluding carboxylic acids is 1. The van der Waals surface area contributed by atoms with Crippen molar-refractivity contribution in [3.8, 4) is 5.40 Å². The van der Waals surface area contributed by atoms with Crippen molar-refractivity contribution in [1.82, 2.24) is 0 Å². The molecule has 0 aliphatic heterocycles. The number of rotatable bonds is 4. The van der Waals surface area contributed by atoms with E-state index in [9.17, 15) is 9.18 Å². The molecule has 2 aromatic rings. The Morgan fingerprint density at radius 1 is 1.15 bits per heavy atom. The Labute approximate surface area is 120 Å². The van der Waals surface area contributed by atoms with Gasteiger partial charge in [-0.25, -0.2) is 4.39 Å². The molecule has 2 rings (SSSR count). The van der Waals surface area contributed by atoms with Gasteiger partial charge >= 0.3 is 0 Å². The molecule has 0 spiro atoms. The first-order valence-corrected chi connectivity index (χ1v) is 6.84. The minimum Gasteiger partial charge on any atom is -0.322 e. The lowest BCUT2D eigenvalue weighted by Gasteiger charge is -2.05. The Kier molecular flexibility index (Phi) is 4.75. The maximum atomic E-state index is 12.8. The van der Waals surface area contributed by atoms with E-state index < -0.39 is 0 Å². The van der Waals surface area contributed by atoms with Gasteiger partial charge in [0.1, 0.15) is 11.2 Å². The van der Waals surface area contributed by atoms with E-state index in [1.54, 1.807) is 12.1 Å². The monoisotopic (exact) mass is 286 g/mol. The third-order valence-corrected chi connectivity index (χ3v) is 3.23. The number of thiocyanates is 1. The van der Waals surface area contributed by atoms with Crippen LogP contribution in [0.2, 0.25) is 0 Å². The van der Waals surface area contributed by atoms with Gasteiger partial charge in [-0.2, -0.15) is 5.26 Å². The van der Waals surface area contributed by atoms with Gasteiger partial charge in [0.15, 0.2) is 0 Å². The largest absolute Gasteiger partial charge is 0.322 e. The summed E-state index contributed by atoms with van der Waals surface area (Å²) >= 11 is 1.15. The number of hydrogen-bond acceptors (Lipinski definition) is 3. The summed E-state index contributed by atoms with van der Waals surface area (Å²) in [6.45, 7) is 0. The van der Waals surface area contributed by atoms with Crippen molar-refractivity contribution in [3.63, 3.8) is 0 Å². The normalized spacial score (nSPS) is 9.80. The molecule has 0 bridgehead atoms. The SMILES string of the molecule is N#CSCc1ccc(C(=O)Nc2ccc(F)cc2)cc1. The summed E-state index contributed by atoms with van der Waals surface area (Å²) < 4.78 is 12.8. The maximum Gasteiger partial charge on any atom is 0.255 e. The highest BCUT2D eigenvalue weighted by Gasteiger charge is 2.06. The first kappa shape index (κ1) is 14.1. The highest BCUT2D eigenvalue weighted by atomic mass is 32.2. The summed E-state index contributed by atoms with van der Waals surface area (Å²) in [6.07, 6.45) is 0. The van der Waals surface area contributed by atoms with Crippen LogP contribution in [0.4, 0.5) is 10.1 Å². The molecule has 1 N–H and O–H groups in total. The van der Waals surface area contributed by atoms with Gasteiger partial charge in [-0.3, -0.25) is 4.79 Å². The number of nitriles is 1. The lowest BCUT2D eigenvalue weighted by atomic mass is 10.1. The highest BCUT2D eigenvalue weighted by molar-refractivity contribution is 8.02. The summed E-state index contributed by atoms with van der Waals surface area (Å²) in [5.41, 5.74) is 2.04. The van der Waals surface area contributed by atoms with Gasteiger partial charge in [0, 0.05) is 17.0 Å². The van der Waals surface area contributed by atoms with Crippen molar-refractivity contribution in [1.29, 1.82) is 5.26 Å². The summed E-state index contributed by atoms with van der Waals surface area (Å²) in [5.74, 6) is -0.00506. The van der Waals surface area contributed by atoms with E-state index in [1.807, 2.05) is 17.5 Å². The Bertz CT molecular complexity index is 632. The molecule has 0 aliphatic carbocycles. The van der Waals surface area contributed by atoms with Crippen LogP contribution in [0.15, 0.2) is 48.5 Å². The van der Waals surface area contributed by atoms with E-state index in [0.717, 1.165) is 17.3 Å². The minimum atomic E-state index is -0.345. The fourth-order valence-electron chi connectivity index (χ4n) is 1.60. The molecule has 2 aromatic carbocycles. The maximum absolute atomic E-state index is 12.8. The quantitative estimate of drug-likeness (QED) is 0.870. The summed E-state index contributed by atoms with van der Waals surface area (Å²) in [6, 6.07) is 12.6. The molecule has 1 amide bonds. The van der Waals surface area contributed by atoms with Crippen molar-refractivity contribution >= 4 is 23.4 Å². The van der Waals surface area contributed by atoms with Crippen LogP contribution in [0, 0.1) is 16.5 Å². The molecule has 20 heavy (non-hydrogen) atoms. The molecule has 0 unspecified atom stereocenters. The molecule has 0 heterocycles. The minimum absolute atomic E-state index is 0.254. The number of hydrogen-bond donors (Lipinski definition) is 1. The molecular weight excluding hydrogens is 275 g/mol.